The molecule has 2 aromatic heterocycles. The van der Waals surface area contributed by atoms with Crippen molar-refractivity contribution in [2.45, 2.75) is 32.5 Å². The lowest BCUT2D eigenvalue weighted by atomic mass is 10.0. The minimum atomic E-state index is -0.521. The van der Waals surface area contributed by atoms with Gasteiger partial charge in [-0.3, -0.25) is 4.98 Å². The van der Waals surface area contributed by atoms with Gasteiger partial charge in [0.1, 0.15) is 0 Å². The molecule has 0 spiro atoms. The molecule has 0 amide bonds. The number of para-hydroxylation sites is 1. The largest absolute Gasteiger partial charge is 0.387 e. The van der Waals surface area contributed by atoms with Crippen molar-refractivity contribution in [1.29, 1.82) is 0 Å². The van der Waals surface area contributed by atoms with E-state index >= 15 is 0 Å². The summed E-state index contributed by atoms with van der Waals surface area (Å²) < 4.78 is 2.35. The summed E-state index contributed by atoms with van der Waals surface area (Å²) in [4.78, 5) is 6.41. The van der Waals surface area contributed by atoms with Gasteiger partial charge in [-0.1, -0.05) is 18.2 Å². The zero-order valence-corrected chi connectivity index (χ0v) is 14.2. The molecule has 0 fully saturated rings. The monoisotopic (exact) mass is 321 g/mol. The van der Waals surface area contributed by atoms with Crippen LogP contribution in [0.5, 0.6) is 0 Å². The highest BCUT2D eigenvalue weighted by Crippen LogP contribution is 2.33. The molecule has 4 nitrogen and oxygen atoms in total. The number of aliphatic hydroxyl groups excluding tert-OH is 1. The molecule has 0 saturated heterocycles. The molecule has 4 rings (SSSR count). The second-order valence-corrected chi connectivity index (χ2v) is 6.79. The second kappa shape index (κ2) is 6.04. The molecule has 1 aromatic carbocycles. The maximum absolute atomic E-state index is 10.7. The fourth-order valence-corrected chi connectivity index (χ4v) is 3.89. The highest BCUT2D eigenvalue weighted by molar-refractivity contribution is 5.88. The molecule has 1 aliphatic heterocycles. The average molecular weight is 321 g/mol. The number of nitrogens with zero attached hydrogens (tertiary/aromatic N) is 3. The van der Waals surface area contributed by atoms with Gasteiger partial charge >= 0.3 is 0 Å². The lowest BCUT2D eigenvalue weighted by molar-refractivity contribution is 0.156. The molecule has 0 saturated carbocycles. The van der Waals surface area contributed by atoms with E-state index in [1.165, 1.54) is 27.7 Å². The molecule has 3 heterocycles. The van der Waals surface area contributed by atoms with Gasteiger partial charge in [0.15, 0.2) is 0 Å². The number of fused-ring (bicyclic) bond motifs is 3. The van der Waals surface area contributed by atoms with Crippen molar-refractivity contribution in [3.05, 3.63) is 65.1 Å². The van der Waals surface area contributed by atoms with E-state index in [0.29, 0.717) is 6.54 Å². The molecule has 24 heavy (non-hydrogen) atoms. The Labute approximate surface area is 142 Å². The van der Waals surface area contributed by atoms with Crippen LogP contribution in [0.4, 0.5) is 0 Å². The van der Waals surface area contributed by atoms with Gasteiger partial charge in [0, 0.05) is 43.0 Å². The number of pyridine rings is 1. The normalized spacial score (nSPS) is 16.3. The number of hydrogen-bond donors (Lipinski definition) is 1. The third-order valence-electron chi connectivity index (χ3n) is 5.11. The fourth-order valence-electron chi connectivity index (χ4n) is 3.89. The number of likely N-dealkylation sites (N-methyl/N-ethyl adjacent to an activating group) is 1. The Morgan fingerprint density at radius 3 is 2.79 bits per heavy atom. The van der Waals surface area contributed by atoms with Crippen LogP contribution in [-0.4, -0.2) is 33.1 Å². The first-order chi connectivity index (χ1) is 11.6. The maximum atomic E-state index is 10.7. The summed E-state index contributed by atoms with van der Waals surface area (Å²) in [5, 5.41) is 12.1. The Morgan fingerprint density at radius 1 is 1.21 bits per heavy atom. The van der Waals surface area contributed by atoms with Crippen LogP contribution in [0.1, 0.15) is 28.5 Å². The quantitative estimate of drug-likeness (QED) is 0.806. The van der Waals surface area contributed by atoms with Crippen molar-refractivity contribution in [1.82, 2.24) is 14.5 Å². The van der Waals surface area contributed by atoms with Gasteiger partial charge < -0.3 is 14.6 Å². The molecule has 3 aromatic rings. The lowest BCUT2D eigenvalue weighted by Gasteiger charge is -2.25. The summed E-state index contributed by atoms with van der Waals surface area (Å²) in [6.45, 7) is 4.79. The molecular weight excluding hydrogens is 298 g/mol. The van der Waals surface area contributed by atoms with E-state index < -0.39 is 6.10 Å². The summed E-state index contributed by atoms with van der Waals surface area (Å²) in [5.41, 5.74) is 6.26. The van der Waals surface area contributed by atoms with Gasteiger partial charge in [-0.2, -0.15) is 0 Å². The summed E-state index contributed by atoms with van der Waals surface area (Å²) in [6.07, 6.45) is 3.99. The third-order valence-corrected chi connectivity index (χ3v) is 5.11. The predicted molar refractivity (Wildman–Crippen MR) is 95.9 cm³/mol. The Morgan fingerprint density at radius 2 is 2.00 bits per heavy atom. The van der Waals surface area contributed by atoms with E-state index in [-0.39, 0.29) is 0 Å². The number of hydrogen-bond acceptors (Lipinski definition) is 3. The zero-order chi connectivity index (χ0) is 16.7. The Bertz CT molecular complexity index is 869. The minimum absolute atomic E-state index is 0.521. The van der Waals surface area contributed by atoms with Gasteiger partial charge in [0.2, 0.25) is 0 Å². The van der Waals surface area contributed by atoms with Crippen molar-refractivity contribution in [3.8, 4) is 0 Å². The summed E-state index contributed by atoms with van der Waals surface area (Å²) in [7, 11) is 2.17. The van der Waals surface area contributed by atoms with Crippen molar-refractivity contribution < 1.29 is 5.11 Å². The highest BCUT2D eigenvalue weighted by Gasteiger charge is 2.24. The number of benzene rings is 1. The SMILES string of the molecule is Cc1cccc2c3c(n(CC(O)c4ccncc4)c12)CCN(C)C3. The molecule has 0 bridgehead atoms. The Hall–Kier alpha value is -2.17. The van der Waals surface area contributed by atoms with Crippen LogP contribution < -0.4 is 0 Å². The van der Waals surface area contributed by atoms with Crippen molar-refractivity contribution in [3.63, 3.8) is 0 Å². The standard InChI is InChI=1S/C20H23N3O/c1-14-4-3-5-16-17-12-22(2)11-8-18(17)23(20(14)16)13-19(24)15-6-9-21-10-7-15/h3-7,9-10,19,24H,8,11-13H2,1-2H3. The molecule has 124 valence electrons. The van der Waals surface area contributed by atoms with Crippen LogP contribution in [0.3, 0.4) is 0 Å². The molecule has 1 N–H and O–H groups in total. The first-order valence-corrected chi connectivity index (χ1v) is 8.51. The summed E-state index contributed by atoms with van der Waals surface area (Å²) >= 11 is 0. The Kier molecular flexibility index (Phi) is 3.87. The Balaban J connectivity index is 1.83. The van der Waals surface area contributed by atoms with Gasteiger partial charge in [0.25, 0.3) is 0 Å². The first-order valence-electron chi connectivity index (χ1n) is 8.51. The molecular formula is C20H23N3O. The van der Waals surface area contributed by atoms with Crippen LogP contribution in [0.15, 0.2) is 42.7 Å². The van der Waals surface area contributed by atoms with Gasteiger partial charge in [-0.05, 0) is 42.8 Å². The van der Waals surface area contributed by atoms with Crippen molar-refractivity contribution in [2.75, 3.05) is 13.6 Å². The third kappa shape index (κ3) is 2.52. The molecule has 0 radical (unpaired) electrons. The van der Waals surface area contributed by atoms with Gasteiger partial charge in [0.05, 0.1) is 18.2 Å². The van der Waals surface area contributed by atoms with Crippen LogP contribution in [-0.2, 0) is 19.5 Å². The number of rotatable bonds is 3. The van der Waals surface area contributed by atoms with Crippen molar-refractivity contribution in [2.24, 2.45) is 0 Å². The molecule has 0 aliphatic carbocycles. The maximum Gasteiger partial charge on any atom is 0.0970 e. The van der Waals surface area contributed by atoms with E-state index in [1.807, 2.05) is 12.1 Å². The minimum Gasteiger partial charge on any atom is -0.387 e. The fraction of sp³-hybridized carbons (Fsp3) is 0.350. The molecule has 1 unspecified atom stereocenters. The predicted octanol–water partition coefficient (Wildman–Crippen LogP) is 3.07. The number of aryl methyl sites for hydroxylation is 1. The van der Waals surface area contributed by atoms with Crippen LogP contribution in [0, 0.1) is 6.92 Å². The number of aromatic nitrogens is 2. The summed E-state index contributed by atoms with van der Waals surface area (Å²) in [6, 6.07) is 10.3. The van der Waals surface area contributed by atoms with Crippen LogP contribution in [0.25, 0.3) is 10.9 Å². The van der Waals surface area contributed by atoms with Gasteiger partial charge in [-0.15, -0.1) is 0 Å². The van der Waals surface area contributed by atoms with E-state index in [2.05, 4.69) is 46.6 Å². The first kappa shape index (κ1) is 15.4. The molecule has 1 atom stereocenters. The smallest absolute Gasteiger partial charge is 0.0970 e. The molecule has 4 heteroatoms. The molecule has 1 aliphatic rings. The lowest BCUT2D eigenvalue weighted by Crippen LogP contribution is -2.27. The highest BCUT2D eigenvalue weighted by atomic mass is 16.3. The van der Waals surface area contributed by atoms with Gasteiger partial charge in [-0.25, -0.2) is 0 Å². The van der Waals surface area contributed by atoms with Crippen molar-refractivity contribution >= 4 is 10.9 Å². The summed E-state index contributed by atoms with van der Waals surface area (Å²) in [5.74, 6) is 0. The van der Waals surface area contributed by atoms with E-state index in [4.69, 9.17) is 0 Å². The van der Waals surface area contributed by atoms with E-state index in [0.717, 1.165) is 25.1 Å². The van der Waals surface area contributed by atoms with Crippen LogP contribution >= 0.6 is 0 Å². The van der Waals surface area contributed by atoms with Crippen LogP contribution in [0.2, 0.25) is 0 Å². The number of aliphatic hydroxyl groups is 1. The second-order valence-electron chi connectivity index (χ2n) is 6.79. The van der Waals surface area contributed by atoms with E-state index in [9.17, 15) is 5.11 Å². The van der Waals surface area contributed by atoms with E-state index in [1.54, 1.807) is 12.4 Å². The average Bonchev–Trinajstić information content (AvgIpc) is 2.90. The topological polar surface area (TPSA) is 41.3 Å². The zero-order valence-electron chi connectivity index (χ0n) is 14.2.